The Balaban J connectivity index is 1.61. The summed E-state index contributed by atoms with van der Waals surface area (Å²) in [6.45, 7) is 2.99. The fourth-order valence-corrected chi connectivity index (χ4v) is 3.20. The summed E-state index contributed by atoms with van der Waals surface area (Å²) >= 11 is 0. The van der Waals surface area contributed by atoms with Gasteiger partial charge < -0.3 is 14.8 Å². The number of benzene rings is 3. The maximum absolute atomic E-state index is 13.9. The van der Waals surface area contributed by atoms with Crippen LogP contribution >= 0.6 is 0 Å². The molecule has 152 valence electrons. The molecular formula is C25H28FNO2. The van der Waals surface area contributed by atoms with Crippen molar-refractivity contribution >= 4 is 0 Å². The SMILES string of the molecule is COc1cccc(CN[C@@H](C)CCc2ccccc2)c1OCc1ccccc1F. The van der Waals surface area contributed by atoms with Crippen molar-refractivity contribution in [2.75, 3.05) is 7.11 Å². The Morgan fingerprint density at radius 3 is 2.38 bits per heavy atom. The Kier molecular flexibility index (Phi) is 7.65. The van der Waals surface area contributed by atoms with Gasteiger partial charge in [0.25, 0.3) is 0 Å². The van der Waals surface area contributed by atoms with Gasteiger partial charge in [-0.05, 0) is 37.5 Å². The molecule has 0 radical (unpaired) electrons. The Bertz CT molecular complexity index is 898. The molecule has 0 bridgehead atoms. The van der Waals surface area contributed by atoms with Crippen LogP contribution in [-0.2, 0) is 19.6 Å². The zero-order valence-corrected chi connectivity index (χ0v) is 17.0. The van der Waals surface area contributed by atoms with E-state index in [9.17, 15) is 4.39 Å². The summed E-state index contributed by atoms with van der Waals surface area (Å²) < 4.78 is 25.4. The van der Waals surface area contributed by atoms with Gasteiger partial charge in [0, 0.05) is 23.7 Å². The van der Waals surface area contributed by atoms with E-state index in [1.807, 2.05) is 24.3 Å². The maximum atomic E-state index is 13.9. The molecule has 0 heterocycles. The normalized spacial score (nSPS) is 11.8. The third kappa shape index (κ3) is 6.06. The molecule has 3 aromatic rings. The first-order chi connectivity index (χ1) is 14.2. The molecule has 0 fully saturated rings. The second-order valence-corrected chi connectivity index (χ2v) is 7.13. The number of nitrogens with one attached hydrogen (secondary N) is 1. The van der Waals surface area contributed by atoms with Crippen LogP contribution in [0.15, 0.2) is 72.8 Å². The number of rotatable bonds is 10. The second kappa shape index (κ2) is 10.6. The fourth-order valence-electron chi connectivity index (χ4n) is 3.20. The average molecular weight is 394 g/mol. The van der Waals surface area contributed by atoms with Crippen molar-refractivity contribution in [3.63, 3.8) is 0 Å². The quantitative estimate of drug-likeness (QED) is 0.492. The van der Waals surface area contributed by atoms with E-state index < -0.39 is 0 Å². The highest BCUT2D eigenvalue weighted by Crippen LogP contribution is 2.32. The molecule has 0 spiro atoms. The van der Waals surface area contributed by atoms with Crippen LogP contribution in [0.5, 0.6) is 11.5 Å². The largest absolute Gasteiger partial charge is 0.493 e. The average Bonchev–Trinajstić information content (AvgIpc) is 2.76. The molecule has 3 nitrogen and oxygen atoms in total. The van der Waals surface area contributed by atoms with Gasteiger partial charge in [-0.1, -0.05) is 60.7 Å². The summed E-state index contributed by atoms with van der Waals surface area (Å²) in [5, 5.41) is 3.56. The lowest BCUT2D eigenvalue weighted by Crippen LogP contribution is -2.26. The van der Waals surface area contributed by atoms with Gasteiger partial charge in [0.1, 0.15) is 12.4 Å². The van der Waals surface area contributed by atoms with Crippen molar-refractivity contribution in [2.24, 2.45) is 0 Å². The van der Waals surface area contributed by atoms with Crippen LogP contribution in [-0.4, -0.2) is 13.2 Å². The van der Waals surface area contributed by atoms with Crippen LogP contribution in [0.2, 0.25) is 0 Å². The predicted molar refractivity (Wildman–Crippen MR) is 115 cm³/mol. The summed E-state index contributed by atoms with van der Waals surface area (Å²) in [6.07, 6.45) is 2.07. The third-order valence-electron chi connectivity index (χ3n) is 4.96. The van der Waals surface area contributed by atoms with Crippen molar-refractivity contribution in [1.29, 1.82) is 0 Å². The van der Waals surface area contributed by atoms with E-state index in [-0.39, 0.29) is 12.4 Å². The smallest absolute Gasteiger partial charge is 0.166 e. The highest BCUT2D eigenvalue weighted by Gasteiger charge is 2.13. The molecule has 0 saturated heterocycles. The molecule has 0 unspecified atom stereocenters. The summed E-state index contributed by atoms with van der Waals surface area (Å²) in [5.41, 5.74) is 2.86. The number of para-hydroxylation sites is 1. The van der Waals surface area contributed by atoms with Crippen molar-refractivity contribution in [1.82, 2.24) is 5.32 Å². The standard InChI is InChI=1S/C25H28FNO2/c1-19(15-16-20-9-4-3-5-10-20)27-17-21-12-8-14-24(28-2)25(21)29-18-22-11-6-7-13-23(22)26/h3-14,19,27H,15-18H2,1-2H3/t19-/m0/s1. The number of hydrogen-bond donors (Lipinski definition) is 1. The summed E-state index contributed by atoms with van der Waals surface area (Å²) in [6, 6.07) is 23.3. The lowest BCUT2D eigenvalue weighted by Gasteiger charge is -2.18. The van der Waals surface area contributed by atoms with Crippen LogP contribution in [0, 0.1) is 5.82 Å². The van der Waals surface area contributed by atoms with Crippen molar-refractivity contribution in [3.05, 3.63) is 95.3 Å². The number of halogens is 1. The van der Waals surface area contributed by atoms with E-state index in [2.05, 4.69) is 36.5 Å². The monoisotopic (exact) mass is 393 g/mol. The highest BCUT2D eigenvalue weighted by molar-refractivity contribution is 5.46. The Morgan fingerprint density at radius 1 is 0.897 bits per heavy atom. The van der Waals surface area contributed by atoms with Gasteiger partial charge in [-0.3, -0.25) is 0 Å². The van der Waals surface area contributed by atoms with E-state index in [1.54, 1.807) is 25.3 Å². The molecule has 4 heteroatoms. The molecular weight excluding hydrogens is 365 g/mol. The third-order valence-corrected chi connectivity index (χ3v) is 4.96. The van der Waals surface area contributed by atoms with Crippen LogP contribution in [0.25, 0.3) is 0 Å². The molecule has 0 aliphatic heterocycles. The lowest BCUT2D eigenvalue weighted by atomic mass is 10.1. The van der Waals surface area contributed by atoms with Crippen molar-refractivity contribution in [3.8, 4) is 11.5 Å². The molecule has 0 aromatic heterocycles. The van der Waals surface area contributed by atoms with E-state index in [0.717, 1.165) is 18.4 Å². The van der Waals surface area contributed by atoms with Gasteiger partial charge in [-0.15, -0.1) is 0 Å². The van der Waals surface area contributed by atoms with E-state index in [1.165, 1.54) is 11.6 Å². The van der Waals surface area contributed by atoms with Crippen molar-refractivity contribution < 1.29 is 13.9 Å². The summed E-state index contributed by atoms with van der Waals surface area (Å²) in [5.74, 6) is 1.04. The van der Waals surface area contributed by atoms with Gasteiger partial charge in [-0.25, -0.2) is 4.39 Å². The number of hydrogen-bond acceptors (Lipinski definition) is 3. The second-order valence-electron chi connectivity index (χ2n) is 7.13. The molecule has 0 aliphatic carbocycles. The highest BCUT2D eigenvalue weighted by atomic mass is 19.1. The van der Waals surface area contributed by atoms with Gasteiger partial charge in [0.15, 0.2) is 11.5 Å². The van der Waals surface area contributed by atoms with Crippen LogP contribution in [0.1, 0.15) is 30.0 Å². The lowest BCUT2D eigenvalue weighted by molar-refractivity contribution is 0.275. The first-order valence-corrected chi connectivity index (χ1v) is 9.96. The van der Waals surface area contributed by atoms with Crippen molar-refractivity contribution in [2.45, 2.75) is 39.0 Å². The Labute approximate surface area is 172 Å². The molecule has 1 N–H and O–H groups in total. The van der Waals surface area contributed by atoms with Crippen LogP contribution in [0.3, 0.4) is 0 Å². The maximum Gasteiger partial charge on any atom is 0.166 e. The number of aryl methyl sites for hydroxylation is 1. The minimum Gasteiger partial charge on any atom is -0.493 e. The minimum absolute atomic E-state index is 0.156. The Morgan fingerprint density at radius 2 is 1.62 bits per heavy atom. The van der Waals surface area contributed by atoms with Gasteiger partial charge in [0.05, 0.1) is 7.11 Å². The molecule has 3 aromatic carbocycles. The van der Waals surface area contributed by atoms with Gasteiger partial charge in [-0.2, -0.15) is 0 Å². The van der Waals surface area contributed by atoms with Gasteiger partial charge >= 0.3 is 0 Å². The molecule has 0 aliphatic rings. The van der Waals surface area contributed by atoms with E-state index in [4.69, 9.17) is 9.47 Å². The predicted octanol–water partition coefficient (Wildman–Crippen LogP) is 5.52. The summed E-state index contributed by atoms with van der Waals surface area (Å²) in [7, 11) is 1.62. The zero-order chi connectivity index (χ0) is 20.5. The van der Waals surface area contributed by atoms with Crippen LogP contribution in [0.4, 0.5) is 4.39 Å². The molecule has 1 atom stereocenters. The fraction of sp³-hybridized carbons (Fsp3) is 0.280. The molecule has 29 heavy (non-hydrogen) atoms. The molecule has 0 saturated carbocycles. The zero-order valence-electron chi connectivity index (χ0n) is 17.0. The van der Waals surface area contributed by atoms with Gasteiger partial charge in [0.2, 0.25) is 0 Å². The number of ether oxygens (including phenoxy) is 2. The first-order valence-electron chi connectivity index (χ1n) is 9.96. The topological polar surface area (TPSA) is 30.5 Å². The minimum atomic E-state index is -0.267. The summed E-state index contributed by atoms with van der Waals surface area (Å²) in [4.78, 5) is 0. The van der Waals surface area contributed by atoms with E-state index in [0.29, 0.717) is 29.6 Å². The Hall–Kier alpha value is -2.85. The number of methoxy groups -OCH3 is 1. The molecule has 0 amide bonds. The van der Waals surface area contributed by atoms with E-state index >= 15 is 0 Å². The molecule has 3 rings (SSSR count). The van der Waals surface area contributed by atoms with Crippen LogP contribution < -0.4 is 14.8 Å². The first kappa shape index (κ1) is 20.9.